The van der Waals surface area contributed by atoms with E-state index >= 15 is 0 Å². The van der Waals surface area contributed by atoms with Gasteiger partial charge in [-0.15, -0.1) is 5.11 Å². The second-order valence-corrected chi connectivity index (χ2v) is 8.25. The number of anilines is 3. The molecule has 0 saturated carbocycles. The highest BCUT2D eigenvalue weighted by atomic mass is 16.6. The van der Waals surface area contributed by atoms with E-state index in [4.69, 9.17) is 10.5 Å². The van der Waals surface area contributed by atoms with Crippen LogP contribution in [0.2, 0.25) is 0 Å². The number of carbonyl (C=O) groups is 2. The van der Waals surface area contributed by atoms with Crippen molar-refractivity contribution in [3.8, 4) is 0 Å². The summed E-state index contributed by atoms with van der Waals surface area (Å²) in [5.41, 5.74) is 8.18. The molecule has 0 aromatic heterocycles. The number of nitrogen functional groups attached to an aromatic ring is 1. The van der Waals surface area contributed by atoms with Gasteiger partial charge in [-0.2, -0.15) is 5.11 Å². The number of esters is 1. The lowest BCUT2D eigenvalue weighted by atomic mass is 10.1. The van der Waals surface area contributed by atoms with E-state index in [2.05, 4.69) is 22.1 Å². The Morgan fingerprint density at radius 3 is 2.37 bits per heavy atom. The van der Waals surface area contributed by atoms with Gasteiger partial charge in [0, 0.05) is 40.8 Å². The van der Waals surface area contributed by atoms with Gasteiger partial charge in [-0.1, -0.05) is 6.58 Å². The number of nitro groups is 1. The van der Waals surface area contributed by atoms with Crippen LogP contribution in [0, 0.1) is 10.1 Å². The topological polar surface area (TPSA) is 153 Å². The first-order valence-electron chi connectivity index (χ1n) is 11.7. The summed E-state index contributed by atoms with van der Waals surface area (Å²) in [6, 6.07) is 17.6. The minimum absolute atomic E-state index is 0.0117. The van der Waals surface area contributed by atoms with Crippen LogP contribution in [0.1, 0.15) is 24.2 Å². The summed E-state index contributed by atoms with van der Waals surface area (Å²) < 4.78 is 5.16. The summed E-state index contributed by atoms with van der Waals surface area (Å²) in [6.07, 6.45) is 0. The van der Waals surface area contributed by atoms with Crippen molar-refractivity contribution in [2.24, 2.45) is 10.2 Å². The van der Waals surface area contributed by atoms with E-state index in [1.54, 1.807) is 43.3 Å². The number of benzene rings is 3. The molecular weight excluding hydrogens is 488 g/mol. The molecule has 38 heavy (non-hydrogen) atoms. The van der Waals surface area contributed by atoms with Gasteiger partial charge in [0.25, 0.3) is 11.6 Å². The van der Waals surface area contributed by atoms with E-state index in [1.807, 2.05) is 24.0 Å². The summed E-state index contributed by atoms with van der Waals surface area (Å²) >= 11 is 0. The van der Waals surface area contributed by atoms with Crippen LogP contribution in [0.5, 0.6) is 0 Å². The molecule has 196 valence electrons. The fraction of sp³-hybridized carbons (Fsp3) is 0.185. The number of carbonyl (C=O) groups excluding carboxylic acids is 2. The van der Waals surface area contributed by atoms with E-state index < -0.39 is 16.8 Å². The van der Waals surface area contributed by atoms with Crippen LogP contribution >= 0.6 is 0 Å². The van der Waals surface area contributed by atoms with Crippen LogP contribution in [0.3, 0.4) is 0 Å². The van der Waals surface area contributed by atoms with Gasteiger partial charge in [0.05, 0.1) is 17.2 Å². The molecule has 11 heteroatoms. The molecule has 11 nitrogen and oxygen atoms in total. The number of hydrogen-bond donors (Lipinski definition) is 2. The quantitative estimate of drug-likeness (QED) is 0.0816. The predicted molar refractivity (Wildman–Crippen MR) is 146 cm³/mol. The zero-order valence-electron chi connectivity index (χ0n) is 21.1. The zero-order chi connectivity index (χ0) is 27.7. The Morgan fingerprint density at radius 1 is 1.08 bits per heavy atom. The predicted octanol–water partition coefficient (Wildman–Crippen LogP) is 5.79. The van der Waals surface area contributed by atoms with Crippen molar-refractivity contribution in [2.75, 3.05) is 35.6 Å². The van der Waals surface area contributed by atoms with E-state index in [-0.39, 0.29) is 23.5 Å². The molecule has 3 rings (SSSR count). The number of likely N-dealkylation sites (N-methyl/N-ethyl adjacent to an activating group) is 1. The largest absolute Gasteiger partial charge is 0.460 e. The second-order valence-electron chi connectivity index (χ2n) is 8.25. The van der Waals surface area contributed by atoms with Crippen molar-refractivity contribution in [3.63, 3.8) is 0 Å². The molecule has 3 aromatic rings. The minimum Gasteiger partial charge on any atom is -0.460 e. The van der Waals surface area contributed by atoms with Crippen molar-refractivity contribution in [2.45, 2.75) is 13.8 Å². The van der Waals surface area contributed by atoms with Crippen LogP contribution in [-0.4, -0.2) is 36.5 Å². The first-order chi connectivity index (χ1) is 18.2. The molecule has 0 aliphatic heterocycles. The van der Waals surface area contributed by atoms with Gasteiger partial charge in [-0.25, -0.2) is 4.79 Å². The minimum atomic E-state index is -0.614. The molecule has 1 amide bonds. The fourth-order valence-corrected chi connectivity index (χ4v) is 3.35. The van der Waals surface area contributed by atoms with Crippen molar-refractivity contribution < 1.29 is 19.2 Å². The number of azo groups is 1. The highest BCUT2D eigenvalue weighted by Crippen LogP contribution is 2.31. The van der Waals surface area contributed by atoms with Gasteiger partial charge in [0.1, 0.15) is 6.61 Å². The molecule has 3 aromatic carbocycles. The van der Waals surface area contributed by atoms with Crippen LogP contribution < -0.4 is 16.0 Å². The van der Waals surface area contributed by atoms with Crippen LogP contribution in [0.4, 0.5) is 34.1 Å². The first-order valence-corrected chi connectivity index (χ1v) is 11.7. The lowest BCUT2D eigenvalue weighted by Crippen LogP contribution is -2.28. The highest BCUT2D eigenvalue weighted by Gasteiger charge is 2.18. The first kappa shape index (κ1) is 27.5. The molecular formula is C27H28N6O5. The standard InChI is InChI=1S/C27H28N6O5/c1-4-32(15-16-38-27(35)18(2)3)23-12-10-22(11-13-23)30-31-24-14-5-19(17-25(24)33(36)37)26(34)29-21-8-6-20(28)7-9-21/h5-14,17H,2,4,15-16,28H2,1,3H3,(H,29,34). The number of rotatable bonds is 11. The Bertz CT molecular complexity index is 1350. The van der Waals surface area contributed by atoms with E-state index in [0.29, 0.717) is 35.7 Å². The maximum absolute atomic E-state index is 12.6. The van der Waals surface area contributed by atoms with Crippen molar-refractivity contribution in [3.05, 3.63) is 94.6 Å². The molecule has 0 atom stereocenters. The third-order valence-corrected chi connectivity index (χ3v) is 5.42. The summed E-state index contributed by atoms with van der Waals surface area (Å²) in [6.45, 7) is 8.54. The molecule has 0 heterocycles. The Hall–Kier alpha value is -5.06. The lowest BCUT2D eigenvalue weighted by molar-refractivity contribution is -0.384. The molecule has 0 fully saturated rings. The lowest BCUT2D eigenvalue weighted by Gasteiger charge is -2.22. The number of nitrogens with zero attached hydrogens (tertiary/aromatic N) is 4. The van der Waals surface area contributed by atoms with Crippen LogP contribution in [-0.2, 0) is 9.53 Å². The molecule has 0 radical (unpaired) electrons. The molecule has 0 aliphatic rings. The van der Waals surface area contributed by atoms with Gasteiger partial charge in [-0.05, 0) is 74.5 Å². The highest BCUT2D eigenvalue weighted by molar-refractivity contribution is 6.05. The Kier molecular flexibility index (Phi) is 9.25. The molecule has 0 aliphatic carbocycles. The third-order valence-electron chi connectivity index (χ3n) is 5.42. The van der Waals surface area contributed by atoms with E-state index in [9.17, 15) is 19.7 Å². The normalized spacial score (nSPS) is 10.7. The second kappa shape index (κ2) is 12.8. The number of hydrogen-bond acceptors (Lipinski definition) is 9. The van der Waals surface area contributed by atoms with Gasteiger partial charge in [0.2, 0.25) is 0 Å². The number of nitrogens with one attached hydrogen (secondary N) is 1. The maximum Gasteiger partial charge on any atom is 0.333 e. The summed E-state index contributed by atoms with van der Waals surface area (Å²) in [4.78, 5) is 37.2. The number of ether oxygens (including phenoxy) is 1. The van der Waals surface area contributed by atoms with Gasteiger partial charge >= 0.3 is 5.97 Å². The van der Waals surface area contributed by atoms with Crippen molar-refractivity contribution in [1.82, 2.24) is 0 Å². The SMILES string of the molecule is C=C(C)C(=O)OCCN(CC)c1ccc(N=Nc2ccc(C(=O)Nc3ccc(N)cc3)cc2[N+](=O)[O-])cc1. The molecule has 0 spiro atoms. The monoisotopic (exact) mass is 516 g/mol. The van der Waals surface area contributed by atoms with Gasteiger partial charge in [0.15, 0.2) is 5.69 Å². The average Bonchev–Trinajstić information content (AvgIpc) is 2.91. The number of nitrogens with two attached hydrogens (primary N) is 1. The average molecular weight is 517 g/mol. The van der Waals surface area contributed by atoms with Crippen LogP contribution in [0.25, 0.3) is 0 Å². The van der Waals surface area contributed by atoms with Gasteiger partial charge in [-0.3, -0.25) is 14.9 Å². The third kappa shape index (κ3) is 7.47. The Morgan fingerprint density at radius 2 is 1.76 bits per heavy atom. The molecule has 0 bridgehead atoms. The molecule has 3 N–H and O–H groups in total. The Balaban J connectivity index is 1.69. The van der Waals surface area contributed by atoms with Crippen molar-refractivity contribution >= 4 is 46.0 Å². The maximum atomic E-state index is 12.6. The van der Waals surface area contributed by atoms with Crippen molar-refractivity contribution in [1.29, 1.82) is 0 Å². The molecule has 0 saturated heterocycles. The Labute approximate surface area is 219 Å². The van der Waals surface area contributed by atoms with Gasteiger partial charge < -0.3 is 20.7 Å². The number of amides is 1. The number of nitro benzene ring substituents is 1. The molecule has 0 unspecified atom stereocenters. The fourth-order valence-electron chi connectivity index (χ4n) is 3.35. The van der Waals surface area contributed by atoms with E-state index in [1.165, 1.54) is 12.1 Å². The smallest absolute Gasteiger partial charge is 0.333 e. The zero-order valence-corrected chi connectivity index (χ0v) is 21.1. The summed E-state index contributed by atoms with van der Waals surface area (Å²) in [5.74, 6) is -0.937. The van der Waals surface area contributed by atoms with E-state index in [0.717, 1.165) is 11.8 Å². The summed E-state index contributed by atoms with van der Waals surface area (Å²) in [7, 11) is 0. The van der Waals surface area contributed by atoms with Crippen LogP contribution in [0.15, 0.2) is 89.1 Å². The summed E-state index contributed by atoms with van der Waals surface area (Å²) in [5, 5.41) is 22.4.